The lowest BCUT2D eigenvalue weighted by Crippen LogP contribution is -2.40. The average molecular weight is 647 g/mol. The van der Waals surface area contributed by atoms with Gasteiger partial charge in [-0.15, -0.1) is 0 Å². The van der Waals surface area contributed by atoms with Crippen molar-refractivity contribution < 1.29 is 22.8 Å². The molecule has 0 bridgehead atoms. The Morgan fingerprint density at radius 1 is 1.12 bits per heavy atom. The van der Waals surface area contributed by atoms with Gasteiger partial charge in [0.2, 0.25) is 15.9 Å². The molecule has 0 radical (unpaired) electrons. The fraction of sp³-hybridized carbons (Fsp3) is 0.250. The highest BCUT2D eigenvalue weighted by Gasteiger charge is 2.30. The lowest BCUT2D eigenvalue weighted by Gasteiger charge is -2.27. The number of likely N-dealkylation sites (N-methyl/N-ethyl adjacent to an activating group) is 1. The minimum atomic E-state index is -3.97. The summed E-state index contributed by atoms with van der Waals surface area (Å²) in [6, 6.07) is 10.6. The van der Waals surface area contributed by atoms with E-state index < -0.39 is 21.8 Å². The van der Waals surface area contributed by atoms with Crippen LogP contribution in [0.25, 0.3) is 0 Å². The molecule has 0 atom stereocenters. The summed E-state index contributed by atoms with van der Waals surface area (Å²) in [7, 11) is -0.227. The van der Waals surface area contributed by atoms with Gasteiger partial charge >= 0.3 is 0 Å². The molecule has 226 valence electrons. The third kappa shape index (κ3) is 8.15. The SMILES string of the molecule is CN(C)C/C=C/C(=O)Nc1cccc(S(=O)(=O)N2CCC/C(=N/C(=O)c3n[nH]cc3NC(=O)c3c(Cl)cccc3Cl)C2)c1. The van der Waals surface area contributed by atoms with Crippen LogP contribution in [-0.4, -0.2) is 85.0 Å². The van der Waals surface area contributed by atoms with Crippen molar-refractivity contribution in [3.8, 4) is 0 Å². The van der Waals surface area contributed by atoms with Gasteiger partial charge in [0.05, 0.1) is 32.7 Å². The standard InChI is InChI=1S/C28H29Cl2N7O5S/c1-36(2)13-6-12-24(38)32-18-7-3-9-20(15-18)43(41,42)37-14-5-8-19(17-37)33-28(40)26-23(16-31-35-26)34-27(39)25-21(29)10-4-11-22(25)30/h3-4,6-7,9-12,15-16H,5,8,13-14,17H2,1-2H3,(H,31,35)(H,32,38)(H,34,39)/b12-6+,33-19-. The van der Waals surface area contributed by atoms with Crippen molar-refractivity contribution in [3.63, 3.8) is 0 Å². The van der Waals surface area contributed by atoms with Gasteiger partial charge in [0.1, 0.15) is 0 Å². The number of rotatable bonds is 9. The van der Waals surface area contributed by atoms with Gasteiger partial charge in [-0.3, -0.25) is 19.5 Å². The summed E-state index contributed by atoms with van der Waals surface area (Å²) >= 11 is 12.2. The molecule has 3 amide bonds. The highest BCUT2D eigenvalue weighted by atomic mass is 35.5. The average Bonchev–Trinajstić information content (AvgIpc) is 3.41. The normalized spacial score (nSPS) is 15.2. The van der Waals surface area contributed by atoms with Crippen LogP contribution in [0.5, 0.6) is 0 Å². The van der Waals surface area contributed by atoms with Gasteiger partial charge in [-0.1, -0.05) is 41.4 Å². The summed E-state index contributed by atoms with van der Waals surface area (Å²) < 4.78 is 28.2. The minimum Gasteiger partial charge on any atom is -0.322 e. The molecule has 0 saturated carbocycles. The van der Waals surface area contributed by atoms with E-state index in [1.165, 1.54) is 46.9 Å². The molecule has 15 heteroatoms. The highest BCUT2D eigenvalue weighted by Crippen LogP contribution is 2.26. The number of carbonyl (C=O) groups is 3. The van der Waals surface area contributed by atoms with Crippen LogP contribution in [0.4, 0.5) is 11.4 Å². The van der Waals surface area contributed by atoms with E-state index in [0.29, 0.717) is 30.8 Å². The van der Waals surface area contributed by atoms with E-state index in [1.807, 2.05) is 19.0 Å². The molecular weight excluding hydrogens is 617 g/mol. The highest BCUT2D eigenvalue weighted by molar-refractivity contribution is 7.89. The molecule has 3 aromatic rings. The Hall–Kier alpha value is -3.88. The third-order valence-corrected chi connectivity index (χ3v) is 8.72. The maximum absolute atomic E-state index is 13.5. The minimum absolute atomic E-state index is 0.00863. The van der Waals surface area contributed by atoms with Crippen LogP contribution < -0.4 is 10.6 Å². The first-order chi connectivity index (χ1) is 20.5. The summed E-state index contributed by atoms with van der Waals surface area (Å²) in [6.07, 6.45) is 5.23. The van der Waals surface area contributed by atoms with Gasteiger partial charge in [0.15, 0.2) is 5.69 Å². The number of aromatic nitrogens is 2. The fourth-order valence-corrected chi connectivity index (χ4v) is 6.28. The Balaban J connectivity index is 1.46. The number of benzene rings is 2. The number of aliphatic imine (C=N–C) groups is 1. The summed E-state index contributed by atoms with van der Waals surface area (Å²) in [5, 5.41) is 11.9. The smallest absolute Gasteiger partial charge is 0.299 e. The van der Waals surface area contributed by atoms with E-state index in [4.69, 9.17) is 23.2 Å². The number of sulfonamides is 1. The number of amides is 3. The van der Waals surface area contributed by atoms with Crippen LogP contribution in [0.15, 0.2) is 70.7 Å². The summed E-state index contributed by atoms with van der Waals surface area (Å²) in [4.78, 5) is 44.1. The first-order valence-corrected chi connectivity index (χ1v) is 15.3. The molecule has 4 rings (SSSR count). The predicted octanol–water partition coefficient (Wildman–Crippen LogP) is 4.09. The maximum atomic E-state index is 13.5. The van der Waals surface area contributed by atoms with Gasteiger partial charge in [-0.05, 0) is 57.3 Å². The molecule has 12 nitrogen and oxygen atoms in total. The van der Waals surface area contributed by atoms with E-state index in [1.54, 1.807) is 18.2 Å². The largest absolute Gasteiger partial charge is 0.322 e. The van der Waals surface area contributed by atoms with Gasteiger partial charge in [0.25, 0.3) is 11.8 Å². The van der Waals surface area contributed by atoms with Gasteiger partial charge in [0, 0.05) is 36.8 Å². The van der Waals surface area contributed by atoms with Crippen LogP contribution in [0.3, 0.4) is 0 Å². The summed E-state index contributed by atoms with van der Waals surface area (Å²) in [5.41, 5.74) is 0.602. The Morgan fingerprint density at radius 2 is 1.84 bits per heavy atom. The molecule has 2 aromatic carbocycles. The Kier molecular flexibility index (Phi) is 10.5. The topological polar surface area (TPSA) is 157 Å². The fourth-order valence-electron chi connectivity index (χ4n) is 4.20. The van der Waals surface area contributed by atoms with Crippen LogP contribution in [0.1, 0.15) is 33.7 Å². The molecular formula is C28H29Cl2N7O5S. The van der Waals surface area contributed by atoms with Crippen molar-refractivity contribution in [1.29, 1.82) is 0 Å². The number of nitrogens with one attached hydrogen (secondary N) is 3. The van der Waals surface area contributed by atoms with E-state index in [-0.39, 0.29) is 50.9 Å². The number of hydrogen-bond acceptors (Lipinski definition) is 7. The second-order valence-corrected chi connectivity index (χ2v) is 12.6. The molecule has 0 aliphatic carbocycles. The van der Waals surface area contributed by atoms with E-state index in [0.717, 1.165) is 0 Å². The lowest BCUT2D eigenvalue weighted by atomic mass is 10.1. The van der Waals surface area contributed by atoms with Crippen LogP contribution in [-0.2, 0) is 14.8 Å². The summed E-state index contributed by atoms with van der Waals surface area (Å²) in [6.45, 7) is 0.692. The molecule has 1 aromatic heterocycles. The molecule has 1 saturated heterocycles. The monoisotopic (exact) mass is 645 g/mol. The Bertz CT molecular complexity index is 1680. The number of anilines is 2. The van der Waals surface area contributed by atoms with Crippen molar-refractivity contribution in [3.05, 3.63) is 82.1 Å². The molecule has 1 aliphatic heterocycles. The van der Waals surface area contributed by atoms with E-state index in [2.05, 4.69) is 25.8 Å². The van der Waals surface area contributed by atoms with Gasteiger partial charge in [-0.25, -0.2) is 13.4 Å². The van der Waals surface area contributed by atoms with Crippen molar-refractivity contribution in [2.75, 3.05) is 44.4 Å². The Morgan fingerprint density at radius 3 is 2.56 bits per heavy atom. The van der Waals surface area contributed by atoms with Crippen molar-refractivity contribution in [1.82, 2.24) is 19.4 Å². The Labute approximate surface area is 258 Å². The number of carbonyl (C=O) groups excluding carboxylic acids is 3. The number of hydrogen-bond donors (Lipinski definition) is 3. The van der Waals surface area contributed by atoms with Crippen LogP contribution >= 0.6 is 23.2 Å². The molecule has 1 aliphatic rings. The second-order valence-electron chi connectivity index (χ2n) is 9.81. The molecule has 3 N–H and O–H groups in total. The number of aromatic amines is 1. The van der Waals surface area contributed by atoms with Gasteiger partial charge < -0.3 is 15.5 Å². The quantitative estimate of drug-likeness (QED) is 0.296. The number of halogens is 2. The van der Waals surface area contributed by atoms with E-state index in [9.17, 15) is 22.8 Å². The van der Waals surface area contributed by atoms with Crippen molar-refractivity contribution >= 4 is 68.0 Å². The zero-order chi connectivity index (χ0) is 31.1. The molecule has 2 heterocycles. The third-order valence-electron chi connectivity index (χ3n) is 6.25. The molecule has 0 spiro atoms. The number of nitrogens with zero attached hydrogens (tertiary/aromatic N) is 4. The zero-order valence-corrected chi connectivity index (χ0v) is 25.6. The molecule has 0 unspecified atom stereocenters. The number of piperidine rings is 1. The zero-order valence-electron chi connectivity index (χ0n) is 23.3. The van der Waals surface area contributed by atoms with E-state index >= 15 is 0 Å². The predicted molar refractivity (Wildman–Crippen MR) is 166 cm³/mol. The second kappa shape index (κ2) is 14.1. The van der Waals surface area contributed by atoms with Gasteiger partial charge in [-0.2, -0.15) is 9.40 Å². The molecule has 43 heavy (non-hydrogen) atoms. The summed E-state index contributed by atoms with van der Waals surface area (Å²) in [5.74, 6) is -1.79. The van der Waals surface area contributed by atoms with Crippen molar-refractivity contribution in [2.45, 2.75) is 17.7 Å². The van der Waals surface area contributed by atoms with Crippen LogP contribution in [0.2, 0.25) is 10.0 Å². The lowest BCUT2D eigenvalue weighted by molar-refractivity contribution is -0.111. The first kappa shape index (κ1) is 32.0. The first-order valence-electron chi connectivity index (χ1n) is 13.1. The number of H-pyrrole nitrogens is 1. The van der Waals surface area contributed by atoms with Crippen molar-refractivity contribution in [2.24, 2.45) is 4.99 Å². The van der Waals surface area contributed by atoms with Crippen LogP contribution in [0, 0.1) is 0 Å². The molecule has 1 fully saturated rings. The maximum Gasteiger partial charge on any atom is 0.299 e.